The van der Waals surface area contributed by atoms with Gasteiger partial charge in [0.25, 0.3) is 0 Å². The molecule has 2 aromatic heterocycles. The number of rotatable bonds is 4. The molecule has 0 aromatic carbocycles. The summed E-state index contributed by atoms with van der Waals surface area (Å²) in [5, 5.41) is 10.6. The number of aryl methyl sites for hydroxylation is 3. The van der Waals surface area contributed by atoms with E-state index in [-0.39, 0.29) is 0 Å². The van der Waals surface area contributed by atoms with E-state index in [1.54, 1.807) is 0 Å². The molecule has 0 saturated heterocycles. The Bertz CT molecular complexity index is 451. The number of thiophene rings is 1. The van der Waals surface area contributed by atoms with Crippen molar-refractivity contribution in [1.29, 1.82) is 0 Å². The number of hydrogen-bond donors (Lipinski definition) is 2. The molecule has 0 amide bonds. The first-order chi connectivity index (χ1) is 7.66. The van der Waals surface area contributed by atoms with Crippen molar-refractivity contribution < 1.29 is 0 Å². The van der Waals surface area contributed by atoms with Crippen LogP contribution in [0.2, 0.25) is 0 Å². The normalized spacial score (nSPS) is 10.9. The van der Waals surface area contributed by atoms with Crippen LogP contribution in [0.4, 0.5) is 0 Å². The predicted octanol–water partition coefficient (Wildman–Crippen LogP) is 2.69. The van der Waals surface area contributed by atoms with Crippen molar-refractivity contribution in [3.8, 4) is 0 Å². The fourth-order valence-corrected chi connectivity index (χ4v) is 2.59. The lowest BCUT2D eigenvalue weighted by Gasteiger charge is -2.03. The molecule has 2 heterocycles. The molecular weight excluding hydrogens is 218 g/mol. The summed E-state index contributed by atoms with van der Waals surface area (Å²) in [7, 11) is 0. The summed E-state index contributed by atoms with van der Waals surface area (Å²) in [5.74, 6) is 0. The Balaban J connectivity index is 1.89. The van der Waals surface area contributed by atoms with Gasteiger partial charge in [0.1, 0.15) is 0 Å². The van der Waals surface area contributed by atoms with Crippen LogP contribution in [0.15, 0.2) is 12.1 Å². The van der Waals surface area contributed by atoms with Gasteiger partial charge in [-0.15, -0.1) is 11.3 Å². The topological polar surface area (TPSA) is 40.7 Å². The summed E-state index contributed by atoms with van der Waals surface area (Å²) in [4.78, 5) is 2.75. The van der Waals surface area contributed by atoms with Crippen LogP contribution in [-0.4, -0.2) is 10.2 Å². The average molecular weight is 235 g/mol. The van der Waals surface area contributed by atoms with E-state index < -0.39 is 0 Å². The molecule has 86 valence electrons. The molecule has 0 saturated carbocycles. The van der Waals surface area contributed by atoms with Crippen molar-refractivity contribution in [3.63, 3.8) is 0 Å². The van der Waals surface area contributed by atoms with Crippen LogP contribution in [0, 0.1) is 20.8 Å². The number of aromatic amines is 1. The molecule has 0 aliphatic rings. The molecule has 2 N–H and O–H groups in total. The van der Waals surface area contributed by atoms with Crippen molar-refractivity contribution in [1.82, 2.24) is 15.5 Å². The van der Waals surface area contributed by atoms with Crippen LogP contribution in [0.1, 0.15) is 26.7 Å². The van der Waals surface area contributed by atoms with E-state index in [2.05, 4.69) is 41.5 Å². The lowest BCUT2D eigenvalue weighted by Crippen LogP contribution is -2.12. The lowest BCUT2D eigenvalue weighted by atomic mass is 10.2. The molecule has 2 rings (SSSR count). The van der Waals surface area contributed by atoms with Gasteiger partial charge in [-0.1, -0.05) is 0 Å². The Morgan fingerprint density at radius 3 is 2.62 bits per heavy atom. The van der Waals surface area contributed by atoms with E-state index >= 15 is 0 Å². The third kappa shape index (κ3) is 2.51. The summed E-state index contributed by atoms with van der Waals surface area (Å²) in [5.41, 5.74) is 3.54. The molecule has 4 heteroatoms. The molecule has 0 spiro atoms. The molecular formula is C12H17N3S. The van der Waals surface area contributed by atoms with E-state index in [9.17, 15) is 0 Å². The molecule has 0 fully saturated rings. The summed E-state index contributed by atoms with van der Waals surface area (Å²) in [6.45, 7) is 8.05. The Kier molecular flexibility index (Phi) is 3.41. The van der Waals surface area contributed by atoms with Crippen molar-refractivity contribution in [2.45, 2.75) is 33.9 Å². The number of hydrogen-bond acceptors (Lipinski definition) is 3. The zero-order valence-corrected chi connectivity index (χ0v) is 10.7. The Labute approximate surface area is 99.9 Å². The van der Waals surface area contributed by atoms with Gasteiger partial charge in [-0.05, 0) is 32.9 Å². The van der Waals surface area contributed by atoms with Crippen LogP contribution in [0.25, 0.3) is 0 Å². The lowest BCUT2D eigenvalue weighted by molar-refractivity contribution is 0.695. The molecule has 3 nitrogen and oxygen atoms in total. The van der Waals surface area contributed by atoms with E-state index in [1.807, 2.05) is 18.3 Å². The maximum atomic E-state index is 4.18. The van der Waals surface area contributed by atoms with Gasteiger partial charge in [0.15, 0.2) is 0 Å². The SMILES string of the molecule is Cc1ccc(CNCc2c(C)n[nH]c2C)s1. The van der Waals surface area contributed by atoms with E-state index in [0.717, 1.165) is 24.5 Å². The van der Waals surface area contributed by atoms with Gasteiger partial charge < -0.3 is 5.32 Å². The largest absolute Gasteiger partial charge is 0.308 e. The monoisotopic (exact) mass is 235 g/mol. The van der Waals surface area contributed by atoms with Gasteiger partial charge >= 0.3 is 0 Å². The molecule has 0 aliphatic heterocycles. The summed E-state index contributed by atoms with van der Waals surface area (Å²) in [6.07, 6.45) is 0. The standard InChI is InChI=1S/C12H17N3S/c1-8-4-5-11(16-8)6-13-7-12-9(2)14-15-10(12)3/h4-5,13H,6-7H2,1-3H3,(H,14,15). The highest BCUT2D eigenvalue weighted by molar-refractivity contribution is 7.11. The van der Waals surface area contributed by atoms with Crippen LogP contribution in [0.3, 0.4) is 0 Å². The second-order valence-electron chi connectivity index (χ2n) is 4.03. The third-order valence-electron chi connectivity index (χ3n) is 2.68. The van der Waals surface area contributed by atoms with Gasteiger partial charge in [0, 0.05) is 34.1 Å². The van der Waals surface area contributed by atoms with Crippen LogP contribution in [0.5, 0.6) is 0 Å². The predicted molar refractivity (Wildman–Crippen MR) is 67.7 cm³/mol. The van der Waals surface area contributed by atoms with E-state index in [0.29, 0.717) is 0 Å². The second-order valence-corrected chi connectivity index (χ2v) is 5.40. The van der Waals surface area contributed by atoms with Crippen molar-refractivity contribution in [2.75, 3.05) is 0 Å². The minimum absolute atomic E-state index is 0.880. The first kappa shape index (κ1) is 11.4. The van der Waals surface area contributed by atoms with E-state index in [1.165, 1.54) is 15.3 Å². The molecule has 0 aliphatic carbocycles. The fourth-order valence-electron chi connectivity index (χ4n) is 1.73. The first-order valence-corrected chi connectivity index (χ1v) is 6.25. The Morgan fingerprint density at radius 2 is 2.06 bits per heavy atom. The van der Waals surface area contributed by atoms with Gasteiger partial charge in [-0.3, -0.25) is 5.10 Å². The Hall–Kier alpha value is -1.13. The summed E-state index contributed by atoms with van der Waals surface area (Å²) < 4.78 is 0. The minimum Gasteiger partial charge on any atom is -0.308 e. The highest BCUT2D eigenvalue weighted by atomic mass is 32.1. The molecule has 0 bridgehead atoms. The maximum Gasteiger partial charge on any atom is 0.0638 e. The molecule has 0 radical (unpaired) electrons. The number of aromatic nitrogens is 2. The van der Waals surface area contributed by atoms with Crippen molar-refractivity contribution in [3.05, 3.63) is 38.8 Å². The van der Waals surface area contributed by atoms with Crippen LogP contribution < -0.4 is 5.32 Å². The van der Waals surface area contributed by atoms with E-state index in [4.69, 9.17) is 0 Å². The zero-order chi connectivity index (χ0) is 11.5. The van der Waals surface area contributed by atoms with Gasteiger partial charge in [0.2, 0.25) is 0 Å². The molecule has 0 atom stereocenters. The number of nitrogens with zero attached hydrogens (tertiary/aromatic N) is 1. The summed E-state index contributed by atoms with van der Waals surface area (Å²) >= 11 is 1.85. The van der Waals surface area contributed by atoms with Crippen LogP contribution >= 0.6 is 11.3 Å². The Morgan fingerprint density at radius 1 is 1.25 bits per heavy atom. The highest BCUT2D eigenvalue weighted by Crippen LogP contribution is 2.15. The van der Waals surface area contributed by atoms with Crippen LogP contribution in [-0.2, 0) is 13.1 Å². The number of H-pyrrole nitrogens is 1. The molecule has 16 heavy (non-hydrogen) atoms. The van der Waals surface area contributed by atoms with Crippen molar-refractivity contribution in [2.24, 2.45) is 0 Å². The molecule has 0 unspecified atom stereocenters. The number of nitrogens with one attached hydrogen (secondary N) is 2. The smallest absolute Gasteiger partial charge is 0.0638 e. The second kappa shape index (κ2) is 4.80. The van der Waals surface area contributed by atoms with Gasteiger partial charge in [-0.2, -0.15) is 5.10 Å². The first-order valence-electron chi connectivity index (χ1n) is 5.43. The minimum atomic E-state index is 0.880. The fraction of sp³-hybridized carbons (Fsp3) is 0.417. The highest BCUT2D eigenvalue weighted by Gasteiger charge is 2.05. The quantitative estimate of drug-likeness (QED) is 0.855. The average Bonchev–Trinajstić information content (AvgIpc) is 2.78. The molecule has 2 aromatic rings. The zero-order valence-electron chi connectivity index (χ0n) is 9.92. The van der Waals surface area contributed by atoms with Gasteiger partial charge in [0.05, 0.1) is 5.69 Å². The third-order valence-corrected chi connectivity index (χ3v) is 3.68. The van der Waals surface area contributed by atoms with Crippen molar-refractivity contribution >= 4 is 11.3 Å². The maximum absolute atomic E-state index is 4.18. The summed E-state index contributed by atoms with van der Waals surface area (Å²) in [6, 6.07) is 4.35. The van der Waals surface area contributed by atoms with Gasteiger partial charge in [-0.25, -0.2) is 0 Å².